The van der Waals surface area contributed by atoms with Gasteiger partial charge in [0, 0.05) is 30.6 Å². The molecule has 3 aromatic rings. The summed E-state index contributed by atoms with van der Waals surface area (Å²) >= 11 is 0. The Bertz CT molecular complexity index is 885. The summed E-state index contributed by atoms with van der Waals surface area (Å²) in [4.78, 5) is 13.2. The molecule has 1 amide bonds. The molecule has 0 radical (unpaired) electrons. The lowest BCUT2D eigenvalue weighted by Gasteiger charge is -2.24. The number of nitrogens with zero attached hydrogens (tertiary/aromatic N) is 2. The van der Waals surface area contributed by atoms with E-state index in [1.165, 1.54) is 5.56 Å². The van der Waals surface area contributed by atoms with Gasteiger partial charge in [-0.2, -0.15) is 0 Å². The van der Waals surface area contributed by atoms with E-state index in [0.29, 0.717) is 6.54 Å². The molecule has 4 rings (SSSR count). The minimum absolute atomic E-state index is 0.261. The van der Waals surface area contributed by atoms with E-state index in [2.05, 4.69) is 41.6 Å². The summed E-state index contributed by atoms with van der Waals surface area (Å²) in [5.41, 5.74) is 10.6. The van der Waals surface area contributed by atoms with Crippen LogP contribution < -0.4 is 5.73 Å². The summed E-state index contributed by atoms with van der Waals surface area (Å²) in [6, 6.07) is 18.6. The molecule has 5 heteroatoms. The standard InChI is InChI=1S/C20H19N3O2/c21-19(24)13-23-11-10-18-17(12-23)20(22-25-18)16-8-6-15(7-9-16)14-4-2-1-3-5-14/h1-9H,10-13H2,(H2,21,24). The quantitative estimate of drug-likeness (QED) is 0.797. The van der Waals surface area contributed by atoms with Gasteiger partial charge in [0.2, 0.25) is 5.91 Å². The number of primary amides is 1. The third kappa shape index (κ3) is 3.19. The smallest absolute Gasteiger partial charge is 0.231 e. The Morgan fingerprint density at radius 1 is 1.04 bits per heavy atom. The topological polar surface area (TPSA) is 72.4 Å². The normalized spacial score (nSPS) is 14.2. The van der Waals surface area contributed by atoms with E-state index in [1.54, 1.807) is 0 Å². The number of nitrogens with two attached hydrogens (primary N) is 1. The van der Waals surface area contributed by atoms with Crippen LogP contribution in [0.5, 0.6) is 0 Å². The molecule has 2 heterocycles. The fourth-order valence-electron chi connectivity index (χ4n) is 3.30. The minimum atomic E-state index is -0.311. The molecule has 0 atom stereocenters. The molecule has 126 valence electrons. The molecule has 0 saturated heterocycles. The van der Waals surface area contributed by atoms with Gasteiger partial charge in [0.05, 0.1) is 6.54 Å². The highest BCUT2D eigenvalue weighted by molar-refractivity contribution is 5.76. The lowest BCUT2D eigenvalue weighted by atomic mass is 9.99. The Kier molecular flexibility index (Phi) is 4.07. The van der Waals surface area contributed by atoms with Crippen LogP contribution in [0.2, 0.25) is 0 Å². The summed E-state index contributed by atoms with van der Waals surface area (Å²) < 4.78 is 5.52. The SMILES string of the molecule is NC(=O)CN1CCc2onc(-c3ccc(-c4ccccc4)cc3)c2C1. The highest BCUT2D eigenvalue weighted by Gasteiger charge is 2.25. The third-order valence-electron chi connectivity index (χ3n) is 4.55. The Morgan fingerprint density at radius 2 is 1.72 bits per heavy atom. The molecule has 0 aliphatic carbocycles. The van der Waals surface area contributed by atoms with Crippen molar-refractivity contribution in [3.8, 4) is 22.4 Å². The van der Waals surface area contributed by atoms with Gasteiger partial charge in [0.25, 0.3) is 0 Å². The number of hydrogen-bond donors (Lipinski definition) is 1. The first-order valence-corrected chi connectivity index (χ1v) is 8.34. The first-order chi connectivity index (χ1) is 12.2. The van der Waals surface area contributed by atoms with E-state index in [9.17, 15) is 4.79 Å². The molecule has 1 aromatic heterocycles. The monoisotopic (exact) mass is 333 g/mol. The van der Waals surface area contributed by atoms with E-state index in [0.717, 1.165) is 41.1 Å². The van der Waals surface area contributed by atoms with Crippen LogP contribution in [0.3, 0.4) is 0 Å². The van der Waals surface area contributed by atoms with Crippen LogP contribution >= 0.6 is 0 Å². The predicted molar refractivity (Wildman–Crippen MR) is 95.6 cm³/mol. The van der Waals surface area contributed by atoms with Crippen molar-refractivity contribution in [2.75, 3.05) is 13.1 Å². The second-order valence-electron chi connectivity index (χ2n) is 6.30. The van der Waals surface area contributed by atoms with Crippen molar-refractivity contribution in [3.63, 3.8) is 0 Å². The maximum Gasteiger partial charge on any atom is 0.231 e. The Hall–Kier alpha value is -2.92. The van der Waals surface area contributed by atoms with Gasteiger partial charge in [-0.15, -0.1) is 0 Å². The maximum atomic E-state index is 11.2. The van der Waals surface area contributed by atoms with Crippen LogP contribution in [-0.2, 0) is 17.8 Å². The Morgan fingerprint density at radius 3 is 2.44 bits per heavy atom. The van der Waals surface area contributed by atoms with Gasteiger partial charge in [-0.3, -0.25) is 9.69 Å². The summed E-state index contributed by atoms with van der Waals surface area (Å²) in [6.45, 7) is 1.66. The van der Waals surface area contributed by atoms with Crippen molar-refractivity contribution >= 4 is 5.91 Å². The van der Waals surface area contributed by atoms with Crippen molar-refractivity contribution in [1.82, 2.24) is 10.1 Å². The lowest BCUT2D eigenvalue weighted by Crippen LogP contribution is -2.37. The molecule has 0 unspecified atom stereocenters. The van der Waals surface area contributed by atoms with Gasteiger partial charge in [0.1, 0.15) is 11.5 Å². The first kappa shape index (κ1) is 15.6. The van der Waals surface area contributed by atoms with E-state index >= 15 is 0 Å². The van der Waals surface area contributed by atoms with E-state index in [1.807, 2.05) is 23.1 Å². The van der Waals surface area contributed by atoms with E-state index in [4.69, 9.17) is 10.3 Å². The molecule has 0 bridgehead atoms. The third-order valence-corrected chi connectivity index (χ3v) is 4.55. The second-order valence-corrected chi connectivity index (χ2v) is 6.30. The van der Waals surface area contributed by atoms with E-state index in [-0.39, 0.29) is 12.5 Å². The zero-order chi connectivity index (χ0) is 17.2. The fourth-order valence-corrected chi connectivity index (χ4v) is 3.30. The molecule has 0 saturated carbocycles. The molecule has 5 nitrogen and oxygen atoms in total. The van der Waals surface area contributed by atoms with Crippen LogP contribution in [0.4, 0.5) is 0 Å². The molecular weight excluding hydrogens is 314 g/mol. The molecule has 2 N–H and O–H groups in total. The summed E-state index contributed by atoms with van der Waals surface area (Å²) in [6.07, 6.45) is 0.748. The number of hydrogen-bond acceptors (Lipinski definition) is 4. The van der Waals surface area contributed by atoms with Crippen molar-refractivity contribution in [2.24, 2.45) is 5.73 Å². The minimum Gasteiger partial charge on any atom is -0.369 e. The number of carbonyl (C=O) groups excluding carboxylic acids is 1. The van der Waals surface area contributed by atoms with Gasteiger partial charge in [0.15, 0.2) is 0 Å². The van der Waals surface area contributed by atoms with Crippen molar-refractivity contribution < 1.29 is 9.32 Å². The maximum absolute atomic E-state index is 11.2. The number of carbonyl (C=O) groups is 1. The largest absolute Gasteiger partial charge is 0.369 e. The number of benzene rings is 2. The molecule has 0 spiro atoms. The van der Waals surface area contributed by atoms with Gasteiger partial charge in [-0.25, -0.2) is 0 Å². The summed E-state index contributed by atoms with van der Waals surface area (Å²) in [5.74, 6) is 0.594. The Labute approximate surface area is 146 Å². The summed E-state index contributed by atoms with van der Waals surface area (Å²) in [5, 5.41) is 4.27. The second kappa shape index (κ2) is 6.53. The van der Waals surface area contributed by atoms with Gasteiger partial charge in [-0.1, -0.05) is 59.8 Å². The number of rotatable bonds is 4. The zero-order valence-electron chi connectivity index (χ0n) is 13.8. The average Bonchev–Trinajstić information content (AvgIpc) is 3.05. The van der Waals surface area contributed by atoms with E-state index < -0.39 is 0 Å². The number of fused-ring (bicyclic) bond motifs is 1. The van der Waals surface area contributed by atoms with Crippen LogP contribution in [0.1, 0.15) is 11.3 Å². The predicted octanol–water partition coefficient (Wildman–Crippen LogP) is 2.85. The number of aromatic nitrogens is 1. The average molecular weight is 333 g/mol. The lowest BCUT2D eigenvalue weighted by molar-refractivity contribution is -0.119. The fraction of sp³-hybridized carbons (Fsp3) is 0.200. The highest BCUT2D eigenvalue weighted by Crippen LogP contribution is 2.31. The van der Waals surface area contributed by atoms with Gasteiger partial charge >= 0.3 is 0 Å². The van der Waals surface area contributed by atoms with Crippen LogP contribution in [-0.4, -0.2) is 29.1 Å². The number of amides is 1. The highest BCUT2D eigenvalue weighted by atomic mass is 16.5. The Balaban J connectivity index is 1.61. The zero-order valence-corrected chi connectivity index (χ0v) is 13.8. The van der Waals surface area contributed by atoms with Crippen molar-refractivity contribution in [1.29, 1.82) is 0 Å². The molecule has 25 heavy (non-hydrogen) atoms. The van der Waals surface area contributed by atoms with Gasteiger partial charge < -0.3 is 10.3 Å². The molecule has 1 aliphatic rings. The van der Waals surface area contributed by atoms with Crippen LogP contribution in [0, 0.1) is 0 Å². The molecular formula is C20H19N3O2. The van der Waals surface area contributed by atoms with Gasteiger partial charge in [-0.05, 0) is 11.1 Å². The summed E-state index contributed by atoms with van der Waals surface area (Å²) in [7, 11) is 0. The first-order valence-electron chi connectivity index (χ1n) is 8.34. The molecule has 2 aromatic carbocycles. The molecule has 1 aliphatic heterocycles. The van der Waals surface area contributed by atoms with Crippen LogP contribution in [0.25, 0.3) is 22.4 Å². The van der Waals surface area contributed by atoms with Crippen LogP contribution in [0.15, 0.2) is 59.1 Å². The molecule has 0 fully saturated rings. The van der Waals surface area contributed by atoms with Crippen molar-refractivity contribution in [3.05, 3.63) is 65.9 Å². The van der Waals surface area contributed by atoms with Crippen molar-refractivity contribution in [2.45, 2.75) is 13.0 Å².